The summed E-state index contributed by atoms with van der Waals surface area (Å²) in [7, 11) is -0.652. The number of amides is 1. The number of aryl methyl sites for hydroxylation is 1. The second-order valence-corrected chi connectivity index (χ2v) is 6.65. The lowest BCUT2D eigenvalue weighted by atomic mass is 10.1. The van der Waals surface area contributed by atoms with Gasteiger partial charge in [-0.05, 0) is 38.0 Å². The Kier molecular flexibility index (Phi) is 4.77. The van der Waals surface area contributed by atoms with Crippen LogP contribution < -0.4 is 10.5 Å². The van der Waals surface area contributed by atoms with E-state index in [0.29, 0.717) is 16.8 Å². The maximum atomic E-state index is 12.4. The molecular formula is C13H21N3O3S. The van der Waals surface area contributed by atoms with Crippen LogP contribution in [0.25, 0.3) is 0 Å². The molecule has 0 aromatic heterocycles. The fourth-order valence-corrected chi connectivity index (χ4v) is 3.68. The van der Waals surface area contributed by atoms with Gasteiger partial charge in [0.2, 0.25) is 15.9 Å². The summed E-state index contributed by atoms with van der Waals surface area (Å²) in [6.07, 6.45) is 0. The van der Waals surface area contributed by atoms with Gasteiger partial charge in [0, 0.05) is 19.8 Å². The summed E-state index contributed by atoms with van der Waals surface area (Å²) in [5.74, 6) is -0.312. The first-order chi connectivity index (χ1) is 9.08. The molecule has 1 amide bonds. The number of likely N-dealkylation sites (N-methyl/N-ethyl adjacent to an activating group) is 1. The highest BCUT2D eigenvalue weighted by molar-refractivity contribution is 7.89. The fraction of sp³-hybridized carbons (Fsp3) is 0.462. The number of rotatable bonds is 4. The molecule has 0 fully saturated rings. The fourth-order valence-electron chi connectivity index (χ4n) is 1.99. The number of nitrogen functional groups attached to an aromatic ring is 1. The molecule has 7 heteroatoms. The molecule has 0 spiro atoms. The van der Waals surface area contributed by atoms with Gasteiger partial charge in [-0.3, -0.25) is 4.79 Å². The first-order valence-corrected chi connectivity index (χ1v) is 7.65. The van der Waals surface area contributed by atoms with E-state index in [9.17, 15) is 13.2 Å². The zero-order valence-corrected chi connectivity index (χ0v) is 13.2. The summed E-state index contributed by atoms with van der Waals surface area (Å²) in [6, 6.07) is 2.48. The third kappa shape index (κ3) is 3.29. The van der Waals surface area contributed by atoms with Gasteiger partial charge >= 0.3 is 0 Å². The van der Waals surface area contributed by atoms with Crippen LogP contribution in [0.15, 0.2) is 17.0 Å². The highest BCUT2D eigenvalue weighted by Gasteiger charge is 2.26. The van der Waals surface area contributed by atoms with E-state index < -0.39 is 16.1 Å². The molecule has 1 aromatic carbocycles. The van der Waals surface area contributed by atoms with Gasteiger partial charge in [-0.15, -0.1) is 0 Å². The van der Waals surface area contributed by atoms with Crippen LogP contribution in [0.3, 0.4) is 0 Å². The Hall–Kier alpha value is -1.60. The summed E-state index contributed by atoms with van der Waals surface area (Å²) >= 11 is 0. The Balaban J connectivity index is 3.19. The van der Waals surface area contributed by atoms with Gasteiger partial charge in [0.25, 0.3) is 0 Å². The molecule has 0 heterocycles. The molecule has 0 radical (unpaired) electrons. The number of anilines is 1. The maximum Gasteiger partial charge on any atom is 0.241 e. The van der Waals surface area contributed by atoms with Gasteiger partial charge in [0.05, 0.1) is 10.9 Å². The van der Waals surface area contributed by atoms with Crippen LogP contribution in [-0.2, 0) is 14.8 Å². The molecule has 20 heavy (non-hydrogen) atoms. The Morgan fingerprint density at radius 3 is 2.35 bits per heavy atom. The second kappa shape index (κ2) is 5.80. The van der Waals surface area contributed by atoms with Gasteiger partial charge in [-0.1, -0.05) is 6.07 Å². The number of sulfonamides is 1. The van der Waals surface area contributed by atoms with Crippen LogP contribution >= 0.6 is 0 Å². The Morgan fingerprint density at radius 1 is 1.30 bits per heavy atom. The van der Waals surface area contributed by atoms with Crippen molar-refractivity contribution in [2.45, 2.75) is 31.7 Å². The molecule has 1 atom stereocenters. The molecule has 1 rings (SSSR count). The quantitative estimate of drug-likeness (QED) is 0.798. The second-order valence-electron chi connectivity index (χ2n) is 5.00. The lowest BCUT2D eigenvalue weighted by molar-refractivity contribution is -0.130. The topological polar surface area (TPSA) is 92.5 Å². The van der Waals surface area contributed by atoms with E-state index in [0.717, 1.165) is 0 Å². The van der Waals surface area contributed by atoms with Crippen molar-refractivity contribution in [3.63, 3.8) is 0 Å². The molecule has 0 aliphatic carbocycles. The molecule has 0 bridgehead atoms. The molecule has 112 valence electrons. The van der Waals surface area contributed by atoms with Crippen molar-refractivity contribution in [2.75, 3.05) is 19.8 Å². The molecule has 3 N–H and O–H groups in total. The zero-order valence-electron chi connectivity index (χ0n) is 12.4. The van der Waals surface area contributed by atoms with Crippen molar-refractivity contribution >= 4 is 21.6 Å². The molecule has 1 unspecified atom stereocenters. The number of carbonyl (C=O) groups excluding carboxylic acids is 1. The van der Waals surface area contributed by atoms with Gasteiger partial charge in [0.1, 0.15) is 0 Å². The van der Waals surface area contributed by atoms with Crippen LogP contribution in [0, 0.1) is 13.8 Å². The van der Waals surface area contributed by atoms with Crippen molar-refractivity contribution in [2.24, 2.45) is 0 Å². The number of benzene rings is 1. The summed E-state index contributed by atoms with van der Waals surface area (Å²) in [5, 5.41) is 0. The minimum Gasteiger partial charge on any atom is -0.398 e. The SMILES string of the molecule is Cc1ccc(N)c(C)c1S(=O)(=O)NC(C)C(=O)N(C)C. The average molecular weight is 299 g/mol. The highest BCUT2D eigenvalue weighted by Crippen LogP contribution is 2.24. The average Bonchev–Trinajstić information content (AvgIpc) is 2.32. The first kappa shape index (κ1) is 16.5. The van der Waals surface area contributed by atoms with E-state index in [1.165, 1.54) is 11.8 Å². The molecule has 0 aliphatic heterocycles. The molecule has 0 saturated heterocycles. The zero-order chi connectivity index (χ0) is 15.7. The van der Waals surface area contributed by atoms with E-state index in [1.54, 1.807) is 40.1 Å². The van der Waals surface area contributed by atoms with E-state index in [1.807, 2.05) is 0 Å². The Morgan fingerprint density at radius 2 is 1.85 bits per heavy atom. The lowest BCUT2D eigenvalue weighted by Gasteiger charge is -2.20. The van der Waals surface area contributed by atoms with E-state index in [4.69, 9.17) is 5.73 Å². The van der Waals surface area contributed by atoms with Gasteiger partial charge < -0.3 is 10.6 Å². The van der Waals surface area contributed by atoms with Crippen molar-refractivity contribution in [1.82, 2.24) is 9.62 Å². The van der Waals surface area contributed by atoms with Gasteiger partial charge in [-0.25, -0.2) is 8.42 Å². The van der Waals surface area contributed by atoms with E-state index in [-0.39, 0.29) is 10.8 Å². The first-order valence-electron chi connectivity index (χ1n) is 6.17. The number of nitrogens with zero attached hydrogens (tertiary/aromatic N) is 1. The minimum atomic E-state index is -3.80. The monoisotopic (exact) mass is 299 g/mol. The van der Waals surface area contributed by atoms with Crippen LogP contribution in [0.2, 0.25) is 0 Å². The molecule has 1 aromatic rings. The number of hydrogen-bond donors (Lipinski definition) is 2. The summed E-state index contributed by atoms with van der Waals surface area (Å²) in [6.45, 7) is 4.85. The van der Waals surface area contributed by atoms with Crippen molar-refractivity contribution in [3.05, 3.63) is 23.3 Å². The van der Waals surface area contributed by atoms with Gasteiger partial charge in [-0.2, -0.15) is 4.72 Å². The number of nitrogens with two attached hydrogens (primary N) is 1. The standard InChI is InChI=1S/C13H21N3O3S/c1-8-6-7-11(14)9(2)12(8)20(18,19)15-10(3)13(17)16(4)5/h6-7,10,15H,14H2,1-5H3. The number of carbonyl (C=O) groups is 1. The largest absolute Gasteiger partial charge is 0.398 e. The van der Waals surface area contributed by atoms with Crippen LogP contribution in [-0.4, -0.2) is 39.4 Å². The Bertz CT molecular complexity index is 624. The third-order valence-electron chi connectivity index (χ3n) is 3.06. The molecular weight excluding hydrogens is 278 g/mol. The summed E-state index contributed by atoms with van der Waals surface area (Å²) in [5.41, 5.74) is 7.24. The van der Waals surface area contributed by atoms with Crippen LogP contribution in [0.4, 0.5) is 5.69 Å². The maximum absolute atomic E-state index is 12.4. The predicted molar refractivity (Wildman–Crippen MR) is 78.8 cm³/mol. The smallest absolute Gasteiger partial charge is 0.241 e. The van der Waals surface area contributed by atoms with E-state index in [2.05, 4.69) is 4.72 Å². The lowest BCUT2D eigenvalue weighted by Crippen LogP contribution is -2.44. The minimum absolute atomic E-state index is 0.135. The van der Waals surface area contributed by atoms with Crippen LogP contribution in [0.1, 0.15) is 18.1 Å². The summed E-state index contributed by atoms with van der Waals surface area (Å²) < 4.78 is 27.2. The van der Waals surface area contributed by atoms with Crippen molar-refractivity contribution in [3.8, 4) is 0 Å². The van der Waals surface area contributed by atoms with Crippen LogP contribution in [0.5, 0.6) is 0 Å². The predicted octanol–water partition coefficient (Wildman–Crippen LogP) is 0.641. The number of hydrogen-bond acceptors (Lipinski definition) is 4. The van der Waals surface area contributed by atoms with Crippen molar-refractivity contribution < 1.29 is 13.2 Å². The van der Waals surface area contributed by atoms with Crippen molar-refractivity contribution in [1.29, 1.82) is 0 Å². The summed E-state index contributed by atoms with van der Waals surface area (Å²) in [4.78, 5) is 13.2. The van der Waals surface area contributed by atoms with E-state index >= 15 is 0 Å². The normalized spacial score (nSPS) is 13.1. The highest BCUT2D eigenvalue weighted by atomic mass is 32.2. The number of nitrogens with one attached hydrogen (secondary N) is 1. The molecule has 0 saturated carbocycles. The molecule has 6 nitrogen and oxygen atoms in total. The van der Waals surface area contributed by atoms with Gasteiger partial charge in [0.15, 0.2) is 0 Å². The Labute approximate surface area is 120 Å². The third-order valence-corrected chi connectivity index (χ3v) is 4.89. The molecule has 0 aliphatic rings.